The summed E-state index contributed by atoms with van der Waals surface area (Å²) in [6.07, 6.45) is 0. The molecular formula is H3AlN6O18. The van der Waals surface area contributed by atoms with Gasteiger partial charge in [0.1, 0.15) is 0 Å². The molecule has 0 aromatic rings. The molecule has 144 valence electrons. The Kier molecular flexibility index (Phi) is 62.9. The van der Waals surface area contributed by atoms with Crippen LogP contribution in [0.3, 0.4) is 0 Å². The van der Waals surface area contributed by atoms with Crippen molar-refractivity contribution in [3.8, 4) is 0 Å². The Bertz CT molecular complexity index is 257. The van der Waals surface area contributed by atoms with Crippen LogP contribution in [0.2, 0.25) is 0 Å². The van der Waals surface area contributed by atoms with E-state index in [2.05, 4.69) is 0 Å². The minimum atomic E-state index is -1.75. The van der Waals surface area contributed by atoms with E-state index in [4.69, 9.17) is 91.9 Å². The van der Waals surface area contributed by atoms with Crippen molar-refractivity contribution in [1.82, 2.24) is 0 Å². The number of hydrogen-bond donors (Lipinski definition) is 3. The maximum absolute atomic E-state index is 8.36. The molecule has 0 aliphatic heterocycles. The van der Waals surface area contributed by atoms with Gasteiger partial charge in [-0.25, -0.2) is 0 Å². The first-order valence-electron chi connectivity index (χ1n) is 3.34. The Morgan fingerprint density at radius 3 is 0.400 bits per heavy atom. The molecule has 0 saturated carbocycles. The van der Waals surface area contributed by atoms with Gasteiger partial charge in [0.05, 0.1) is 15.3 Å². The van der Waals surface area contributed by atoms with E-state index in [9.17, 15) is 0 Å². The van der Waals surface area contributed by atoms with E-state index in [-0.39, 0.29) is 17.4 Å². The van der Waals surface area contributed by atoms with E-state index in [1.165, 1.54) is 0 Å². The molecule has 25 heavy (non-hydrogen) atoms. The molecule has 25 heteroatoms. The van der Waals surface area contributed by atoms with Crippen LogP contribution in [0.1, 0.15) is 0 Å². The van der Waals surface area contributed by atoms with Gasteiger partial charge in [-0.2, -0.15) is 0 Å². The molecule has 0 aromatic carbocycles. The first-order valence-corrected chi connectivity index (χ1v) is 3.34. The van der Waals surface area contributed by atoms with Crippen molar-refractivity contribution in [2.45, 2.75) is 0 Å². The van der Waals surface area contributed by atoms with Gasteiger partial charge >= 0.3 is 17.4 Å². The molecular weight excluding hydrogens is 399 g/mol. The third kappa shape index (κ3) is 341. The molecule has 0 bridgehead atoms. The van der Waals surface area contributed by atoms with Crippen LogP contribution in [0.15, 0.2) is 0 Å². The van der Waals surface area contributed by atoms with Crippen molar-refractivity contribution in [3.63, 3.8) is 0 Å². The summed E-state index contributed by atoms with van der Waals surface area (Å²) in [6, 6.07) is 0. The molecule has 0 saturated heterocycles. The summed E-state index contributed by atoms with van der Waals surface area (Å²) in [4.78, 5) is 49.8. The molecule has 0 aromatic heterocycles. The third-order valence-corrected chi connectivity index (χ3v) is 0. The molecule has 0 aliphatic rings. The van der Waals surface area contributed by atoms with Gasteiger partial charge in [0.25, 0.3) is 15.3 Å². The van der Waals surface area contributed by atoms with E-state index < -0.39 is 30.5 Å². The Labute approximate surface area is 141 Å². The van der Waals surface area contributed by atoms with Crippen LogP contribution in [0, 0.1) is 76.3 Å². The fourth-order valence-electron chi connectivity index (χ4n) is 0. The second-order valence-corrected chi connectivity index (χ2v) is 1.38. The molecule has 0 atom stereocenters. The van der Waals surface area contributed by atoms with Crippen LogP contribution in [0.5, 0.6) is 0 Å². The van der Waals surface area contributed by atoms with Gasteiger partial charge in [-0.3, -0.25) is 0 Å². The van der Waals surface area contributed by atoms with Crippen LogP contribution >= 0.6 is 0 Å². The Morgan fingerprint density at radius 1 is 0.400 bits per heavy atom. The van der Waals surface area contributed by atoms with Crippen molar-refractivity contribution >= 4 is 17.4 Å². The third-order valence-electron chi connectivity index (χ3n) is 0. The molecule has 0 rings (SSSR count). The second-order valence-electron chi connectivity index (χ2n) is 1.38. The zero-order chi connectivity index (χ0) is 21.5. The van der Waals surface area contributed by atoms with Gasteiger partial charge in [-0.15, -0.1) is 30.3 Å². The van der Waals surface area contributed by atoms with Crippen LogP contribution in [-0.4, -0.2) is 63.5 Å². The molecule has 0 fully saturated rings. The van der Waals surface area contributed by atoms with E-state index in [1.54, 1.807) is 0 Å². The maximum atomic E-state index is 8.36. The minimum absolute atomic E-state index is 0. The zero-order valence-electron chi connectivity index (χ0n) is 10.7. The van der Waals surface area contributed by atoms with Crippen molar-refractivity contribution in [2.75, 3.05) is 0 Å². The van der Waals surface area contributed by atoms with Gasteiger partial charge < -0.3 is 61.6 Å². The Balaban J connectivity index is -0.0000000309. The molecule has 0 spiro atoms. The number of nitrogens with zero attached hydrogens (tertiary/aromatic N) is 6. The molecule has 0 aliphatic carbocycles. The summed E-state index contributed by atoms with van der Waals surface area (Å²) in [5, 5.41) is 85.2. The molecule has 3 N–H and O–H groups in total. The summed E-state index contributed by atoms with van der Waals surface area (Å²) in [5.74, 6) is 0. The predicted octanol–water partition coefficient (Wildman–Crippen LogP) is -2.14. The average Bonchev–Trinajstić information content (AvgIpc) is 2.08. The van der Waals surface area contributed by atoms with E-state index in [1.807, 2.05) is 0 Å². The van der Waals surface area contributed by atoms with E-state index in [0.29, 0.717) is 0 Å². The summed E-state index contributed by atoms with van der Waals surface area (Å²) in [6.45, 7) is 0. The fraction of sp³-hybridized carbons (Fsp3) is 0. The summed E-state index contributed by atoms with van der Waals surface area (Å²) >= 11 is 0. The molecule has 0 unspecified atom stereocenters. The molecule has 0 amide bonds. The first-order chi connectivity index (χ1) is 10.4. The average molecular weight is 402 g/mol. The van der Waals surface area contributed by atoms with Gasteiger partial charge in [0.15, 0.2) is 0 Å². The standard InChI is InChI=1S/Al.3HNO3.3NO3/c;6*2-1(3)4/h;3*(H,2,3,4);;;/q+3;;;;3*-1. The summed E-state index contributed by atoms with van der Waals surface area (Å²) in [5.41, 5.74) is 0. The number of hydrogen-bond acceptors (Lipinski definition) is 15. The molecule has 24 nitrogen and oxygen atoms in total. The maximum Gasteiger partial charge on any atom is 3.00 e. The van der Waals surface area contributed by atoms with Crippen molar-refractivity contribution in [1.29, 1.82) is 0 Å². The van der Waals surface area contributed by atoms with Crippen LogP contribution in [0.4, 0.5) is 0 Å². The normalized spacial score (nSPS) is 5.76. The zero-order valence-corrected chi connectivity index (χ0v) is 11.9. The van der Waals surface area contributed by atoms with Crippen molar-refractivity contribution in [3.05, 3.63) is 76.3 Å². The fourth-order valence-corrected chi connectivity index (χ4v) is 0. The van der Waals surface area contributed by atoms with Gasteiger partial charge in [0.2, 0.25) is 0 Å². The largest absolute Gasteiger partial charge is 3.00 e. The second kappa shape index (κ2) is 36.7. The molecule has 0 radical (unpaired) electrons. The summed E-state index contributed by atoms with van der Waals surface area (Å²) < 4.78 is 0. The SMILES string of the molecule is O=[N+]([O-])O.O=[N+]([O-])O.O=[N+]([O-])O.O=[N+]([O-])[O-].O=[N+]([O-])[O-].O=[N+]([O-])[O-].[Al+3]. The minimum Gasteiger partial charge on any atom is -0.356 e. The van der Waals surface area contributed by atoms with Crippen LogP contribution < -0.4 is 0 Å². The van der Waals surface area contributed by atoms with Gasteiger partial charge in [0, 0.05) is 0 Å². The predicted molar refractivity (Wildman–Crippen MR) is 63.2 cm³/mol. The van der Waals surface area contributed by atoms with Crippen LogP contribution in [-0.2, 0) is 0 Å². The smallest absolute Gasteiger partial charge is 0.356 e. The first kappa shape index (κ1) is 42.8. The van der Waals surface area contributed by atoms with E-state index in [0.717, 1.165) is 0 Å². The van der Waals surface area contributed by atoms with Crippen molar-refractivity contribution < 1.29 is 46.1 Å². The van der Waals surface area contributed by atoms with E-state index >= 15 is 0 Å². The number of rotatable bonds is 0. The Hall–Kier alpha value is -4.27. The quantitative estimate of drug-likeness (QED) is 0.221. The Morgan fingerprint density at radius 2 is 0.400 bits per heavy atom. The van der Waals surface area contributed by atoms with Crippen LogP contribution in [0.25, 0.3) is 0 Å². The molecule has 0 heterocycles. The van der Waals surface area contributed by atoms with Gasteiger partial charge in [-0.05, 0) is 0 Å². The summed E-state index contributed by atoms with van der Waals surface area (Å²) in [7, 11) is 0. The topological polar surface area (TPSA) is 389 Å². The monoisotopic (exact) mass is 402 g/mol. The van der Waals surface area contributed by atoms with Crippen molar-refractivity contribution in [2.24, 2.45) is 0 Å². The van der Waals surface area contributed by atoms with Gasteiger partial charge in [-0.1, -0.05) is 0 Å².